The summed E-state index contributed by atoms with van der Waals surface area (Å²) in [7, 11) is 0. The average molecular weight is 621 g/mol. The lowest BCUT2D eigenvalue weighted by Gasteiger charge is -2.25. The molecule has 6 aromatic carbocycles. The molecular weight excluding hydrogens is 589 g/mol. The van der Waals surface area contributed by atoms with Crippen molar-refractivity contribution in [3.63, 3.8) is 0 Å². The molecule has 2 heterocycles. The van der Waals surface area contributed by atoms with Gasteiger partial charge in [-0.3, -0.25) is 4.57 Å². The summed E-state index contributed by atoms with van der Waals surface area (Å²) in [6.07, 6.45) is 0. The monoisotopic (exact) mass is 620 g/mol. The van der Waals surface area contributed by atoms with Crippen LogP contribution in [0.4, 0.5) is 0 Å². The zero-order valence-electron chi connectivity index (χ0n) is 26.9. The van der Waals surface area contributed by atoms with Crippen molar-refractivity contribution in [3.05, 3.63) is 150 Å². The molecule has 1 aliphatic carbocycles. The van der Waals surface area contributed by atoms with Gasteiger partial charge in [-0.15, -0.1) is 0 Å². The Morgan fingerprint density at radius 3 is 1.90 bits per heavy atom. The second kappa shape index (κ2) is 10.5. The Hall–Kier alpha value is -6.07. The van der Waals surface area contributed by atoms with Gasteiger partial charge in [-0.2, -0.15) is 9.97 Å². The van der Waals surface area contributed by atoms with Crippen LogP contribution in [0.2, 0.25) is 0 Å². The normalized spacial score (nSPS) is 13.1. The fourth-order valence-electron chi connectivity index (χ4n) is 7.63. The summed E-state index contributed by atoms with van der Waals surface area (Å²) in [5, 5.41) is 13.6. The number of nitrogens with zero attached hydrogens (tertiary/aromatic N) is 4. The van der Waals surface area contributed by atoms with Crippen LogP contribution in [0.3, 0.4) is 0 Å². The molecular formula is C43H32N4O. The average Bonchev–Trinajstić information content (AvgIpc) is 3.57. The standard InChI is InChI=1S/C43H32N4O/c1-26-13-7-8-16-29(26)38-37(48)24-22-32-33-25-28(21-23-34(33)43(2,3)39(32)38)41-44-40(27-14-5-4-6-15-27)45-42(46-41)47-35-19-11-9-17-30(35)31-18-10-12-20-36(31)47/h4-25,48H,1-3H3. The Bertz CT molecular complexity index is 2510. The van der Waals surface area contributed by atoms with Crippen LogP contribution in [-0.2, 0) is 5.41 Å². The van der Waals surface area contributed by atoms with Crippen LogP contribution in [0.15, 0.2) is 133 Å². The molecule has 0 saturated carbocycles. The molecule has 0 unspecified atom stereocenters. The highest BCUT2D eigenvalue weighted by Gasteiger charge is 2.39. The lowest BCUT2D eigenvalue weighted by atomic mass is 9.78. The van der Waals surface area contributed by atoms with Gasteiger partial charge in [0.05, 0.1) is 11.0 Å². The Labute approximate surface area is 278 Å². The van der Waals surface area contributed by atoms with Gasteiger partial charge in [0.15, 0.2) is 11.6 Å². The molecule has 0 radical (unpaired) electrons. The van der Waals surface area contributed by atoms with Crippen molar-refractivity contribution < 1.29 is 5.11 Å². The highest BCUT2D eigenvalue weighted by molar-refractivity contribution is 6.09. The fraction of sp³-hybridized carbons (Fsp3) is 0.0930. The topological polar surface area (TPSA) is 63.8 Å². The molecule has 2 aromatic heterocycles. The molecule has 48 heavy (non-hydrogen) atoms. The maximum atomic E-state index is 11.3. The zero-order valence-corrected chi connectivity index (χ0v) is 26.9. The zero-order chi connectivity index (χ0) is 32.6. The second-order valence-electron chi connectivity index (χ2n) is 13.1. The van der Waals surface area contributed by atoms with Crippen molar-refractivity contribution in [2.75, 3.05) is 0 Å². The molecule has 0 spiro atoms. The van der Waals surface area contributed by atoms with Gasteiger partial charge in [0.2, 0.25) is 5.95 Å². The first-order valence-electron chi connectivity index (χ1n) is 16.3. The Balaban J connectivity index is 1.28. The molecule has 0 bridgehead atoms. The second-order valence-corrected chi connectivity index (χ2v) is 13.1. The Morgan fingerprint density at radius 2 is 1.19 bits per heavy atom. The van der Waals surface area contributed by atoms with Crippen molar-refractivity contribution in [2.24, 2.45) is 0 Å². The SMILES string of the molecule is Cc1ccccc1-c1c(O)ccc2c1C(C)(C)c1ccc(-c3nc(-c4ccccc4)nc(-n4c5ccccc5c5ccccc54)n3)cc1-2. The van der Waals surface area contributed by atoms with E-state index in [0.29, 0.717) is 23.3 Å². The smallest absolute Gasteiger partial charge is 0.238 e. The van der Waals surface area contributed by atoms with E-state index < -0.39 is 0 Å². The maximum absolute atomic E-state index is 11.3. The van der Waals surface area contributed by atoms with E-state index >= 15 is 0 Å². The van der Waals surface area contributed by atoms with Crippen molar-refractivity contribution in [1.29, 1.82) is 0 Å². The molecule has 230 valence electrons. The van der Waals surface area contributed by atoms with Gasteiger partial charge >= 0.3 is 0 Å². The quantitative estimate of drug-likeness (QED) is 0.213. The van der Waals surface area contributed by atoms with Crippen molar-refractivity contribution in [3.8, 4) is 56.7 Å². The number of fused-ring (bicyclic) bond motifs is 6. The summed E-state index contributed by atoms with van der Waals surface area (Å²) < 4.78 is 2.14. The molecule has 0 atom stereocenters. The highest BCUT2D eigenvalue weighted by atomic mass is 16.3. The van der Waals surface area contributed by atoms with Crippen LogP contribution in [0.1, 0.15) is 30.5 Å². The summed E-state index contributed by atoms with van der Waals surface area (Å²) in [5.74, 6) is 2.09. The van der Waals surface area contributed by atoms with E-state index in [-0.39, 0.29) is 5.41 Å². The first-order valence-corrected chi connectivity index (χ1v) is 16.3. The number of hydrogen-bond donors (Lipinski definition) is 1. The number of benzene rings is 6. The summed E-state index contributed by atoms with van der Waals surface area (Å²) in [6.45, 7) is 6.59. The third-order valence-corrected chi connectivity index (χ3v) is 9.90. The Kier molecular flexibility index (Phi) is 6.15. The molecule has 0 fully saturated rings. The third-order valence-electron chi connectivity index (χ3n) is 9.90. The number of aryl methyl sites for hydroxylation is 1. The van der Waals surface area contributed by atoms with E-state index in [2.05, 4.69) is 110 Å². The Morgan fingerprint density at radius 1 is 0.562 bits per heavy atom. The number of hydrogen-bond acceptors (Lipinski definition) is 4. The molecule has 5 nitrogen and oxygen atoms in total. The van der Waals surface area contributed by atoms with Gasteiger partial charge in [-0.25, -0.2) is 4.98 Å². The van der Waals surface area contributed by atoms with E-state index in [4.69, 9.17) is 15.0 Å². The van der Waals surface area contributed by atoms with E-state index in [1.807, 2.05) is 48.5 Å². The van der Waals surface area contributed by atoms with E-state index in [0.717, 1.165) is 66.3 Å². The van der Waals surface area contributed by atoms with Crippen LogP contribution in [0, 0.1) is 6.92 Å². The van der Waals surface area contributed by atoms with Crippen LogP contribution in [0.5, 0.6) is 5.75 Å². The first kappa shape index (κ1) is 28.2. The van der Waals surface area contributed by atoms with E-state index in [9.17, 15) is 5.11 Å². The molecule has 1 aliphatic rings. The van der Waals surface area contributed by atoms with Gasteiger partial charge in [-0.1, -0.05) is 123 Å². The summed E-state index contributed by atoms with van der Waals surface area (Å²) >= 11 is 0. The third kappa shape index (κ3) is 4.14. The van der Waals surface area contributed by atoms with Crippen molar-refractivity contribution in [1.82, 2.24) is 19.5 Å². The largest absolute Gasteiger partial charge is 0.507 e. The minimum Gasteiger partial charge on any atom is -0.507 e. The minimum atomic E-state index is -0.331. The molecule has 0 amide bonds. The van der Waals surface area contributed by atoms with Crippen LogP contribution >= 0.6 is 0 Å². The van der Waals surface area contributed by atoms with Gasteiger partial charge in [-0.05, 0) is 64.6 Å². The molecule has 8 aromatic rings. The van der Waals surface area contributed by atoms with Crippen molar-refractivity contribution in [2.45, 2.75) is 26.2 Å². The maximum Gasteiger partial charge on any atom is 0.238 e. The highest BCUT2D eigenvalue weighted by Crippen LogP contribution is 2.55. The molecule has 5 heteroatoms. The number of aromatic hydroxyl groups is 1. The number of para-hydroxylation sites is 2. The van der Waals surface area contributed by atoms with Crippen LogP contribution in [0.25, 0.3) is 72.8 Å². The van der Waals surface area contributed by atoms with Crippen molar-refractivity contribution >= 4 is 21.8 Å². The van der Waals surface area contributed by atoms with Crippen LogP contribution < -0.4 is 0 Å². The van der Waals surface area contributed by atoms with Crippen LogP contribution in [-0.4, -0.2) is 24.6 Å². The molecule has 9 rings (SSSR count). The number of phenols is 1. The van der Waals surface area contributed by atoms with Gasteiger partial charge in [0, 0.05) is 32.9 Å². The summed E-state index contributed by atoms with van der Waals surface area (Å²) in [6, 6.07) is 45.6. The van der Waals surface area contributed by atoms with Gasteiger partial charge in [0.25, 0.3) is 0 Å². The number of phenolic OH excluding ortho intramolecular Hbond substituents is 1. The summed E-state index contributed by atoms with van der Waals surface area (Å²) in [5.41, 5.74) is 11.3. The first-order chi connectivity index (χ1) is 23.4. The minimum absolute atomic E-state index is 0.296. The predicted molar refractivity (Wildman–Crippen MR) is 194 cm³/mol. The lowest BCUT2D eigenvalue weighted by Crippen LogP contribution is -2.16. The number of aromatic nitrogens is 4. The fourth-order valence-corrected chi connectivity index (χ4v) is 7.63. The van der Waals surface area contributed by atoms with E-state index in [1.54, 1.807) is 0 Å². The van der Waals surface area contributed by atoms with Gasteiger partial charge < -0.3 is 5.11 Å². The number of rotatable bonds is 4. The van der Waals surface area contributed by atoms with Gasteiger partial charge in [0.1, 0.15) is 5.75 Å². The lowest BCUT2D eigenvalue weighted by molar-refractivity contribution is 0.475. The molecule has 0 aliphatic heterocycles. The predicted octanol–water partition coefficient (Wildman–Crippen LogP) is 10.3. The van der Waals surface area contributed by atoms with E-state index in [1.165, 1.54) is 5.56 Å². The molecule has 0 saturated heterocycles. The molecule has 1 N–H and O–H groups in total. The summed E-state index contributed by atoms with van der Waals surface area (Å²) in [4.78, 5) is 15.3.